The van der Waals surface area contributed by atoms with E-state index in [1.54, 1.807) is 12.4 Å². The number of rotatable bonds is 4. The topological polar surface area (TPSA) is 95.4 Å². The van der Waals surface area contributed by atoms with E-state index in [0.717, 1.165) is 16.0 Å². The first kappa shape index (κ1) is 19.6. The van der Waals surface area contributed by atoms with E-state index >= 15 is 0 Å². The van der Waals surface area contributed by atoms with Crippen molar-refractivity contribution in [3.8, 4) is 11.1 Å². The smallest absolute Gasteiger partial charge is 0.394 e. The lowest BCUT2D eigenvalue weighted by Crippen LogP contribution is -2.39. The van der Waals surface area contributed by atoms with Crippen LogP contribution >= 0.6 is 0 Å². The molecule has 1 fully saturated rings. The maximum absolute atomic E-state index is 13.0. The number of likely N-dealkylation sites (tertiary alicyclic amines) is 1. The molecule has 1 aliphatic heterocycles. The third-order valence-electron chi connectivity index (χ3n) is 4.55. The summed E-state index contributed by atoms with van der Waals surface area (Å²) in [5.74, 6) is -5.05. The molecule has 0 saturated carbocycles. The standard InChI is InChI=1S/C18H17F3N4O3/c19-18(20,21)14-10-25(9-13(14)16(26)27)17(28)24-8-15-22-6-12(7-23-15)11-4-2-1-3-5-11/h1-7,13-14H,8-10H2,(H,24,28)(H,26,27)/t13-,14-/m1/s1. The number of aromatic nitrogens is 2. The van der Waals surface area contributed by atoms with E-state index in [1.807, 2.05) is 30.3 Å². The van der Waals surface area contributed by atoms with Gasteiger partial charge in [-0.25, -0.2) is 14.8 Å². The molecule has 1 aromatic heterocycles. The Labute approximate surface area is 158 Å². The molecule has 0 spiro atoms. The molecule has 0 radical (unpaired) electrons. The van der Waals surface area contributed by atoms with E-state index in [0.29, 0.717) is 0 Å². The van der Waals surface area contributed by atoms with Gasteiger partial charge < -0.3 is 15.3 Å². The normalized spacial score (nSPS) is 19.5. The molecule has 2 atom stereocenters. The predicted octanol–water partition coefficient (Wildman–Crippen LogP) is 2.55. The van der Waals surface area contributed by atoms with Crippen molar-refractivity contribution in [2.24, 2.45) is 11.8 Å². The maximum atomic E-state index is 13.0. The second kappa shape index (κ2) is 7.83. The SMILES string of the molecule is O=C(O)[C@@H]1CN(C(=O)NCc2ncc(-c3ccccc3)cn2)C[C@H]1C(F)(F)F. The largest absolute Gasteiger partial charge is 0.481 e. The summed E-state index contributed by atoms with van der Waals surface area (Å²) in [5.41, 5.74) is 1.71. The van der Waals surface area contributed by atoms with Crippen molar-refractivity contribution in [1.29, 1.82) is 0 Å². The number of nitrogens with zero attached hydrogens (tertiary/aromatic N) is 3. The number of carbonyl (C=O) groups is 2. The highest BCUT2D eigenvalue weighted by Gasteiger charge is 2.53. The molecule has 10 heteroatoms. The van der Waals surface area contributed by atoms with Gasteiger partial charge in [0.25, 0.3) is 0 Å². The number of amides is 2. The molecule has 1 saturated heterocycles. The molecule has 0 aliphatic carbocycles. The number of carboxylic acid groups (broad SMARTS) is 1. The van der Waals surface area contributed by atoms with Crippen molar-refractivity contribution in [2.45, 2.75) is 12.7 Å². The quantitative estimate of drug-likeness (QED) is 0.831. The molecule has 7 nitrogen and oxygen atoms in total. The number of aliphatic carboxylic acids is 1. The average Bonchev–Trinajstić information content (AvgIpc) is 3.14. The molecule has 28 heavy (non-hydrogen) atoms. The summed E-state index contributed by atoms with van der Waals surface area (Å²) >= 11 is 0. The minimum atomic E-state index is -4.69. The van der Waals surface area contributed by atoms with Gasteiger partial charge in [0.1, 0.15) is 5.82 Å². The molecule has 2 amide bonds. The number of hydrogen-bond acceptors (Lipinski definition) is 4. The molecule has 1 aliphatic rings. The van der Waals surface area contributed by atoms with Crippen LogP contribution in [0.5, 0.6) is 0 Å². The third-order valence-corrected chi connectivity index (χ3v) is 4.55. The summed E-state index contributed by atoms with van der Waals surface area (Å²) in [4.78, 5) is 32.3. The fourth-order valence-corrected chi connectivity index (χ4v) is 3.04. The molecular formula is C18H17F3N4O3. The van der Waals surface area contributed by atoms with Crippen LogP contribution in [-0.4, -0.2) is 51.2 Å². The first-order valence-corrected chi connectivity index (χ1v) is 8.44. The van der Waals surface area contributed by atoms with Gasteiger partial charge >= 0.3 is 18.2 Å². The second-order valence-corrected chi connectivity index (χ2v) is 6.41. The number of carboxylic acids is 1. The van der Waals surface area contributed by atoms with E-state index < -0.39 is 43.1 Å². The van der Waals surface area contributed by atoms with Crippen molar-refractivity contribution >= 4 is 12.0 Å². The summed E-state index contributed by atoms with van der Waals surface area (Å²) in [6.07, 6.45) is -1.52. The summed E-state index contributed by atoms with van der Waals surface area (Å²) in [7, 11) is 0. The molecule has 0 bridgehead atoms. The van der Waals surface area contributed by atoms with Gasteiger partial charge in [0.15, 0.2) is 0 Å². The molecule has 148 valence electrons. The zero-order valence-electron chi connectivity index (χ0n) is 14.6. The second-order valence-electron chi connectivity index (χ2n) is 6.41. The van der Waals surface area contributed by atoms with Gasteiger partial charge in [0.05, 0.1) is 18.4 Å². The van der Waals surface area contributed by atoms with Gasteiger partial charge in [0, 0.05) is 31.0 Å². The van der Waals surface area contributed by atoms with Crippen LogP contribution in [0.4, 0.5) is 18.0 Å². The number of alkyl halides is 3. The molecule has 1 aromatic carbocycles. The first-order valence-electron chi connectivity index (χ1n) is 8.44. The van der Waals surface area contributed by atoms with Crippen LogP contribution in [0.15, 0.2) is 42.7 Å². The van der Waals surface area contributed by atoms with Crippen LogP contribution in [0.25, 0.3) is 11.1 Å². The lowest BCUT2D eigenvalue weighted by molar-refractivity contribution is -0.187. The fraction of sp³-hybridized carbons (Fsp3) is 0.333. The Morgan fingerprint density at radius 3 is 2.29 bits per heavy atom. The molecular weight excluding hydrogens is 377 g/mol. The number of hydrogen-bond donors (Lipinski definition) is 2. The Morgan fingerprint density at radius 1 is 1.11 bits per heavy atom. The van der Waals surface area contributed by atoms with Crippen molar-refractivity contribution < 1.29 is 27.9 Å². The third kappa shape index (κ3) is 4.38. The van der Waals surface area contributed by atoms with Gasteiger partial charge in [0.2, 0.25) is 0 Å². The summed E-state index contributed by atoms with van der Waals surface area (Å²) in [5, 5.41) is 11.4. The lowest BCUT2D eigenvalue weighted by atomic mass is 9.96. The first-order chi connectivity index (χ1) is 13.3. The Hall–Kier alpha value is -3.17. The number of halogens is 3. The Balaban J connectivity index is 1.59. The van der Waals surface area contributed by atoms with E-state index in [4.69, 9.17) is 5.11 Å². The average molecular weight is 394 g/mol. The van der Waals surface area contributed by atoms with E-state index in [-0.39, 0.29) is 12.4 Å². The summed E-state index contributed by atoms with van der Waals surface area (Å²) < 4.78 is 39.0. The highest BCUT2D eigenvalue weighted by molar-refractivity contribution is 5.77. The van der Waals surface area contributed by atoms with Gasteiger partial charge in [-0.15, -0.1) is 0 Å². The van der Waals surface area contributed by atoms with Crippen LogP contribution in [-0.2, 0) is 11.3 Å². The van der Waals surface area contributed by atoms with Gasteiger partial charge in [-0.1, -0.05) is 30.3 Å². The van der Waals surface area contributed by atoms with Crippen LogP contribution in [0.1, 0.15) is 5.82 Å². The number of urea groups is 1. The predicted molar refractivity (Wildman–Crippen MR) is 91.9 cm³/mol. The Morgan fingerprint density at radius 2 is 1.75 bits per heavy atom. The maximum Gasteiger partial charge on any atom is 0.394 e. The molecule has 2 aromatic rings. The van der Waals surface area contributed by atoms with Crippen molar-refractivity contribution in [3.63, 3.8) is 0 Å². The molecule has 2 heterocycles. The van der Waals surface area contributed by atoms with Crippen LogP contribution in [0, 0.1) is 11.8 Å². The number of benzene rings is 1. The Bertz CT molecular complexity index is 843. The van der Waals surface area contributed by atoms with Gasteiger partial charge in [-0.05, 0) is 5.56 Å². The van der Waals surface area contributed by atoms with E-state index in [1.165, 1.54) is 0 Å². The fourth-order valence-electron chi connectivity index (χ4n) is 3.04. The number of carbonyl (C=O) groups excluding carboxylic acids is 1. The van der Waals surface area contributed by atoms with Crippen molar-refractivity contribution in [3.05, 3.63) is 48.5 Å². The van der Waals surface area contributed by atoms with E-state index in [9.17, 15) is 22.8 Å². The minimum absolute atomic E-state index is 0.0845. The lowest BCUT2D eigenvalue weighted by Gasteiger charge is -2.18. The molecule has 2 N–H and O–H groups in total. The summed E-state index contributed by atoms with van der Waals surface area (Å²) in [6, 6.07) is 8.63. The van der Waals surface area contributed by atoms with E-state index in [2.05, 4.69) is 15.3 Å². The van der Waals surface area contributed by atoms with Crippen molar-refractivity contribution in [1.82, 2.24) is 20.2 Å². The zero-order chi connectivity index (χ0) is 20.3. The van der Waals surface area contributed by atoms with Crippen LogP contribution in [0.2, 0.25) is 0 Å². The summed E-state index contributed by atoms with van der Waals surface area (Å²) in [6.45, 7) is -1.28. The van der Waals surface area contributed by atoms with Gasteiger partial charge in [-0.2, -0.15) is 13.2 Å². The highest BCUT2D eigenvalue weighted by Crippen LogP contribution is 2.37. The zero-order valence-corrected chi connectivity index (χ0v) is 14.6. The molecule has 3 rings (SSSR count). The molecule has 0 unspecified atom stereocenters. The van der Waals surface area contributed by atoms with Crippen molar-refractivity contribution in [2.75, 3.05) is 13.1 Å². The van der Waals surface area contributed by atoms with Crippen LogP contribution < -0.4 is 5.32 Å². The Kier molecular flexibility index (Phi) is 5.48. The minimum Gasteiger partial charge on any atom is -0.481 e. The number of nitrogens with one attached hydrogen (secondary N) is 1. The highest BCUT2D eigenvalue weighted by atomic mass is 19.4. The van der Waals surface area contributed by atoms with Crippen LogP contribution in [0.3, 0.4) is 0 Å². The monoisotopic (exact) mass is 394 g/mol. The van der Waals surface area contributed by atoms with Gasteiger partial charge in [-0.3, -0.25) is 4.79 Å².